The fraction of sp³-hybridized carbons (Fsp3) is 0.452. The third kappa shape index (κ3) is 5.51. The van der Waals surface area contributed by atoms with Gasteiger partial charge in [-0.05, 0) is 68.0 Å². The number of carbonyl (C=O) groups is 1. The van der Waals surface area contributed by atoms with Crippen LogP contribution in [-0.4, -0.2) is 43.5 Å². The van der Waals surface area contributed by atoms with E-state index in [1.54, 1.807) is 4.68 Å². The molecule has 4 aromatic rings. The smallest absolute Gasteiger partial charge is 0.307 e. The van der Waals surface area contributed by atoms with Crippen LogP contribution in [0.4, 0.5) is 5.69 Å². The Labute approximate surface area is 229 Å². The first kappa shape index (κ1) is 25.5. The molecule has 1 aliphatic carbocycles. The van der Waals surface area contributed by atoms with Crippen molar-refractivity contribution in [2.75, 3.05) is 18.0 Å². The van der Waals surface area contributed by atoms with Crippen molar-refractivity contribution in [3.63, 3.8) is 0 Å². The highest BCUT2D eigenvalue weighted by molar-refractivity contribution is 5.79. The average molecular weight is 528 g/mol. The van der Waals surface area contributed by atoms with Crippen LogP contribution in [0.2, 0.25) is 0 Å². The van der Waals surface area contributed by atoms with Gasteiger partial charge in [0.25, 0.3) is 0 Å². The second-order valence-electron chi connectivity index (χ2n) is 11.0. The maximum Gasteiger partial charge on any atom is 0.307 e. The normalized spacial score (nSPS) is 19.9. The number of aromatic nitrogens is 4. The summed E-state index contributed by atoms with van der Waals surface area (Å²) in [5.74, 6) is 0.397. The second kappa shape index (κ2) is 11.1. The number of rotatable bonds is 8. The summed E-state index contributed by atoms with van der Waals surface area (Å²) >= 11 is 0. The summed E-state index contributed by atoms with van der Waals surface area (Å²) in [6.07, 6.45) is 9.21. The van der Waals surface area contributed by atoms with Crippen LogP contribution < -0.4 is 9.64 Å². The monoisotopic (exact) mass is 527 g/mol. The van der Waals surface area contributed by atoms with Crippen molar-refractivity contribution in [2.24, 2.45) is 13.0 Å². The van der Waals surface area contributed by atoms with Crippen molar-refractivity contribution >= 4 is 22.7 Å². The van der Waals surface area contributed by atoms with Gasteiger partial charge in [-0.1, -0.05) is 25.0 Å². The summed E-state index contributed by atoms with van der Waals surface area (Å²) in [6, 6.07) is 16.7. The standard InChI is InChI=1S/C31H37N5O3/c1-34-17-14-23(33-34)21-39-25-12-13-28-29(19-25)36(30(32-28)26-10-3-4-11-27(26)31(37)38)20-22-8-7-9-24(18-22)35-15-5-2-6-16-35/h7-9,12-14,17-19,26-27H,2-6,10-11,15-16,20-21H2,1H3,(H,37,38)/t26?,27-/m1/s1. The fourth-order valence-corrected chi connectivity index (χ4v) is 6.28. The van der Waals surface area contributed by atoms with E-state index >= 15 is 0 Å². The van der Waals surface area contributed by atoms with Crippen molar-refractivity contribution in [1.29, 1.82) is 0 Å². The molecule has 2 aliphatic rings. The van der Waals surface area contributed by atoms with Crippen LogP contribution in [0, 0.1) is 5.92 Å². The van der Waals surface area contributed by atoms with Gasteiger partial charge < -0.3 is 19.3 Å². The van der Waals surface area contributed by atoms with E-state index in [0.717, 1.165) is 60.7 Å². The van der Waals surface area contributed by atoms with Gasteiger partial charge in [-0.2, -0.15) is 5.10 Å². The van der Waals surface area contributed by atoms with Gasteiger partial charge in [-0.15, -0.1) is 0 Å². The van der Waals surface area contributed by atoms with Gasteiger partial charge in [0.05, 0.1) is 22.6 Å². The Morgan fingerprint density at radius 1 is 1.03 bits per heavy atom. The lowest BCUT2D eigenvalue weighted by Crippen LogP contribution is -2.29. The Morgan fingerprint density at radius 3 is 2.67 bits per heavy atom. The molecular formula is C31H37N5O3. The molecule has 8 heteroatoms. The van der Waals surface area contributed by atoms with Gasteiger partial charge in [0.15, 0.2) is 0 Å². The third-order valence-electron chi connectivity index (χ3n) is 8.29. The summed E-state index contributed by atoms with van der Waals surface area (Å²) < 4.78 is 10.1. The Morgan fingerprint density at radius 2 is 1.87 bits per heavy atom. The predicted octanol–water partition coefficient (Wildman–Crippen LogP) is 5.75. The van der Waals surface area contributed by atoms with Crippen LogP contribution in [0.3, 0.4) is 0 Å². The summed E-state index contributed by atoms with van der Waals surface area (Å²) in [5.41, 5.74) is 5.17. The lowest BCUT2D eigenvalue weighted by atomic mass is 9.78. The molecule has 0 radical (unpaired) electrons. The topological polar surface area (TPSA) is 85.4 Å². The molecule has 1 aliphatic heterocycles. The molecule has 2 fully saturated rings. The van der Waals surface area contributed by atoms with Crippen LogP contribution in [-0.2, 0) is 25.0 Å². The number of piperidine rings is 1. The molecule has 1 unspecified atom stereocenters. The van der Waals surface area contributed by atoms with Crippen molar-refractivity contribution < 1.29 is 14.6 Å². The molecule has 1 N–H and O–H groups in total. The van der Waals surface area contributed by atoms with Gasteiger partial charge in [0.2, 0.25) is 0 Å². The van der Waals surface area contributed by atoms with Gasteiger partial charge >= 0.3 is 5.97 Å². The first-order chi connectivity index (χ1) is 19.0. The van der Waals surface area contributed by atoms with Gasteiger partial charge in [-0.25, -0.2) is 4.98 Å². The molecule has 204 valence electrons. The first-order valence-electron chi connectivity index (χ1n) is 14.2. The van der Waals surface area contributed by atoms with Crippen LogP contribution in [0.1, 0.15) is 67.9 Å². The highest BCUT2D eigenvalue weighted by Gasteiger charge is 2.35. The molecule has 2 aromatic heterocycles. The number of carboxylic acid groups (broad SMARTS) is 1. The number of anilines is 1. The zero-order valence-electron chi connectivity index (χ0n) is 22.6. The minimum atomic E-state index is -0.718. The zero-order valence-corrected chi connectivity index (χ0v) is 22.6. The molecule has 1 saturated carbocycles. The number of carboxylic acids is 1. The number of hydrogen-bond acceptors (Lipinski definition) is 5. The summed E-state index contributed by atoms with van der Waals surface area (Å²) in [6.45, 7) is 3.22. The summed E-state index contributed by atoms with van der Waals surface area (Å²) in [4.78, 5) is 19.8. The van der Waals surface area contributed by atoms with E-state index in [0.29, 0.717) is 19.6 Å². The molecule has 0 bridgehead atoms. The molecule has 2 atom stereocenters. The minimum Gasteiger partial charge on any atom is -0.487 e. The van der Waals surface area contributed by atoms with E-state index in [9.17, 15) is 9.90 Å². The number of imidazole rings is 1. The molecule has 3 heterocycles. The molecule has 8 nitrogen and oxygen atoms in total. The van der Waals surface area contributed by atoms with E-state index in [1.165, 1.54) is 30.5 Å². The number of hydrogen-bond donors (Lipinski definition) is 1. The molecular weight excluding hydrogens is 490 g/mol. The number of ether oxygens (including phenoxy) is 1. The van der Waals surface area contributed by atoms with Crippen LogP contribution in [0.15, 0.2) is 54.7 Å². The molecule has 0 spiro atoms. The van der Waals surface area contributed by atoms with E-state index in [-0.39, 0.29) is 5.92 Å². The van der Waals surface area contributed by atoms with Crippen molar-refractivity contribution in [3.05, 3.63) is 71.8 Å². The van der Waals surface area contributed by atoms with E-state index in [4.69, 9.17) is 9.72 Å². The lowest BCUT2D eigenvalue weighted by Gasteiger charge is -2.30. The molecule has 6 rings (SSSR count). The van der Waals surface area contributed by atoms with Crippen LogP contribution in [0.25, 0.3) is 11.0 Å². The fourth-order valence-electron chi connectivity index (χ4n) is 6.28. The molecule has 0 amide bonds. The maximum absolute atomic E-state index is 12.2. The van der Waals surface area contributed by atoms with Gasteiger partial charge in [-0.3, -0.25) is 9.48 Å². The van der Waals surface area contributed by atoms with Gasteiger partial charge in [0.1, 0.15) is 18.2 Å². The largest absolute Gasteiger partial charge is 0.487 e. The van der Waals surface area contributed by atoms with E-state index < -0.39 is 11.9 Å². The number of aliphatic carboxylic acids is 1. The molecule has 2 aromatic carbocycles. The number of fused-ring (bicyclic) bond motifs is 1. The third-order valence-corrected chi connectivity index (χ3v) is 8.29. The maximum atomic E-state index is 12.2. The highest BCUT2D eigenvalue weighted by Crippen LogP contribution is 2.39. The Balaban J connectivity index is 1.37. The Kier molecular flexibility index (Phi) is 7.26. The number of aryl methyl sites for hydroxylation is 1. The number of nitrogens with zero attached hydrogens (tertiary/aromatic N) is 5. The summed E-state index contributed by atoms with van der Waals surface area (Å²) in [5, 5.41) is 14.5. The lowest BCUT2D eigenvalue weighted by molar-refractivity contribution is -0.143. The number of benzene rings is 2. The average Bonchev–Trinajstić information content (AvgIpc) is 3.55. The minimum absolute atomic E-state index is 0.105. The van der Waals surface area contributed by atoms with Crippen LogP contribution >= 0.6 is 0 Å². The van der Waals surface area contributed by atoms with Crippen molar-refractivity contribution in [3.8, 4) is 5.75 Å². The summed E-state index contributed by atoms with van der Waals surface area (Å²) in [7, 11) is 1.89. The predicted molar refractivity (Wildman–Crippen MR) is 151 cm³/mol. The molecule has 39 heavy (non-hydrogen) atoms. The first-order valence-corrected chi connectivity index (χ1v) is 14.2. The zero-order chi connectivity index (χ0) is 26.8. The highest BCUT2D eigenvalue weighted by atomic mass is 16.5. The Bertz CT molecular complexity index is 1450. The Hall–Kier alpha value is -3.81. The van der Waals surface area contributed by atoms with Crippen LogP contribution in [0.5, 0.6) is 5.75 Å². The quantitative estimate of drug-likeness (QED) is 0.314. The van der Waals surface area contributed by atoms with E-state index in [2.05, 4.69) is 38.8 Å². The van der Waals surface area contributed by atoms with E-state index in [1.807, 2.05) is 37.5 Å². The second-order valence-corrected chi connectivity index (χ2v) is 11.0. The van der Waals surface area contributed by atoms with Crippen molar-refractivity contribution in [2.45, 2.75) is 64.0 Å². The molecule has 1 saturated heterocycles. The van der Waals surface area contributed by atoms with Crippen molar-refractivity contribution in [1.82, 2.24) is 19.3 Å². The SMILES string of the molecule is Cn1ccc(COc2ccc3nc(C4CCCC[C@H]4C(=O)O)n(Cc4cccc(N5CCCCC5)c4)c3c2)n1. The van der Waals surface area contributed by atoms with Gasteiger partial charge in [0, 0.05) is 50.6 Å².